The standard InChI is InChI=1S/2C6H5O.2C2H6.V/c2*7-6-4-2-1-3-5-6;2*1-2;/h2*2-5,7H;2*1-2H3;/q2*-1;;;+2. The first-order valence-electron chi connectivity index (χ1n) is 6.09. The number of phenolic OH excluding ortho intramolecular Hbond substituents is 2. The Labute approximate surface area is 129 Å². The van der Waals surface area contributed by atoms with Gasteiger partial charge in [0, 0.05) is 11.5 Å². The molecule has 0 spiro atoms. The fourth-order valence-electron chi connectivity index (χ4n) is 0.756. The van der Waals surface area contributed by atoms with E-state index in [9.17, 15) is 0 Å². The largest absolute Gasteiger partial charge is 2.00 e. The maximum Gasteiger partial charge on any atom is 2.00 e. The molecule has 103 valence electrons. The van der Waals surface area contributed by atoms with Crippen LogP contribution in [0.5, 0.6) is 11.5 Å². The Hall–Kier alpha value is -1.38. The molecule has 0 fully saturated rings. The van der Waals surface area contributed by atoms with Gasteiger partial charge in [-0.3, -0.25) is 0 Å². The fourth-order valence-corrected chi connectivity index (χ4v) is 0.756. The third-order valence-electron chi connectivity index (χ3n) is 1.40. The molecule has 0 atom stereocenters. The topological polar surface area (TPSA) is 40.5 Å². The molecule has 0 aliphatic rings. The molecule has 0 bridgehead atoms. The zero-order valence-corrected chi connectivity index (χ0v) is 13.4. The van der Waals surface area contributed by atoms with Crippen LogP contribution in [0.3, 0.4) is 0 Å². The molecule has 3 heteroatoms. The van der Waals surface area contributed by atoms with Crippen molar-refractivity contribution in [1.82, 2.24) is 0 Å². The zero-order valence-electron chi connectivity index (χ0n) is 12.0. The Bertz CT molecular complexity index is 312. The minimum atomic E-state index is 0. The van der Waals surface area contributed by atoms with E-state index < -0.39 is 0 Å². The predicted octanol–water partition coefficient (Wildman–Crippen LogP) is 4.43. The van der Waals surface area contributed by atoms with Gasteiger partial charge >= 0.3 is 18.6 Å². The van der Waals surface area contributed by atoms with Gasteiger partial charge in [0.15, 0.2) is 0 Å². The molecular weight excluding hydrogens is 275 g/mol. The van der Waals surface area contributed by atoms with E-state index in [1.54, 1.807) is 48.5 Å². The number of benzene rings is 2. The van der Waals surface area contributed by atoms with E-state index in [-0.39, 0.29) is 18.6 Å². The van der Waals surface area contributed by atoms with Gasteiger partial charge in [-0.05, 0) is 0 Å². The minimum Gasteiger partial charge on any atom is -0.533 e. The van der Waals surface area contributed by atoms with Crippen molar-refractivity contribution < 1.29 is 28.8 Å². The molecule has 2 aromatic rings. The molecular formula is C16H22O2V. The molecule has 0 saturated carbocycles. The molecule has 2 N–H and O–H groups in total. The Kier molecular flexibility index (Phi) is 22.7. The van der Waals surface area contributed by atoms with Crippen molar-refractivity contribution in [3.05, 3.63) is 60.7 Å². The molecule has 0 saturated heterocycles. The molecule has 2 nitrogen and oxygen atoms in total. The second-order valence-electron chi connectivity index (χ2n) is 2.52. The Morgan fingerprint density at radius 1 is 0.632 bits per heavy atom. The van der Waals surface area contributed by atoms with Crippen molar-refractivity contribution in [1.29, 1.82) is 0 Å². The van der Waals surface area contributed by atoms with E-state index in [0.29, 0.717) is 11.5 Å². The van der Waals surface area contributed by atoms with E-state index in [2.05, 4.69) is 12.1 Å². The summed E-state index contributed by atoms with van der Waals surface area (Å²) >= 11 is 0. The average molecular weight is 297 g/mol. The van der Waals surface area contributed by atoms with Crippen molar-refractivity contribution >= 4 is 0 Å². The number of aromatic hydroxyl groups is 2. The van der Waals surface area contributed by atoms with Crippen LogP contribution in [0.1, 0.15) is 27.7 Å². The fraction of sp³-hybridized carbons (Fsp3) is 0.250. The van der Waals surface area contributed by atoms with Gasteiger partial charge in [-0.15, -0.1) is 24.3 Å². The van der Waals surface area contributed by atoms with Crippen molar-refractivity contribution in [3.63, 3.8) is 0 Å². The molecule has 0 aromatic heterocycles. The first-order valence-corrected chi connectivity index (χ1v) is 6.09. The van der Waals surface area contributed by atoms with Crippen LogP contribution in [-0.2, 0) is 18.6 Å². The molecule has 0 unspecified atom stereocenters. The van der Waals surface area contributed by atoms with Gasteiger partial charge < -0.3 is 10.2 Å². The van der Waals surface area contributed by atoms with Crippen LogP contribution in [0.15, 0.2) is 48.5 Å². The SMILES string of the molecule is CC.CC.Oc1cc[c-]cc1.Oc1cc[c-]cc1.[V+2]. The summed E-state index contributed by atoms with van der Waals surface area (Å²) in [5.41, 5.74) is 0. The van der Waals surface area contributed by atoms with Crippen LogP contribution in [0.25, 0.3) is 0 Å². The third-order valence-corrected chi connectivity index (χ3v) is 1.40. The zero-order chi connectivity index (χ0) is 14.2. The minimum absolute atomic E-state index is 0. The van der Waals surface area contributed by atoms with Crippen LogP contribution >= 0.6 is 0 Å². The number of hydrogen-bond acceptors (Lipinski definition) is 2. The summed E-state index contributed by atoms with van der Waals surface area (Å²) in [6.07, 6.45) is 0. The predicted molar refractivity (Wildman–Crippen MR) is 76.6 cm³/mol. The number of rotatable bonds is 0. The van der Waals surface area contributed by atoms with Crippen LogP contribution in [0.4, 0.5) is 0 Å². The maximum absolute atomic E-state index is 8.61. The van der Waals surface area contributed by atoms with Crippen LogP contribution in [0, 0.1) is 12.1 Å². The van der Waals surface area contributed by atoms with Gasteiger partial charge in [-0.1, -0.05) is 27.7 Å². The molecule has 0 aliphatic heterocycles. The van der Waals surface area contributed by atoms with Gasteiger partial charge in [-0.25, -0.2) is 0 Å². The molecule has 0 aliphatic carbocycles. The quantitative estimate of drug-likeness (QED) is 0.706. The van der Waals surface area contributed by atoms with Gasteiger partial charge in [0.1, 0.15) is 0 Å². The third kappa shape index (κ3) is 16.6. The second-order valence-corrected chi connectivity index (χ2v) is 2.52. The first-order chi connectivity index (χ1) is 8.79. The molecule has 2 rings (SSSR count). The molecule has 0 heterocycles. The summed E-state index contributed by atoms with van der Waals surface area (Å²) in [5.74, 6) is 0.581. The maximum atomic E-state index is 8.61. The summed E-state index contributed by atoms with van der Waals surface area (Å²) in [6, 6.07) is 18.5. The van der Waals surface area contributed by atoms with Crippen LogP contribution < -0.4 is 0 Å². The first kappa shape index (κ1) is 22.8. The smallest absolute Gasteiger partial charge is 0.533 e. The summed E-state index contributed by atoms with van der Waals surface area (Å²) in [6.45, 7) is 8.00. The van der Waals surface area contributed by atoms with E-state index in [0.717, 1.165) is 0 Å². The Morgan fingerprint density at radius 2 is 0.842 bits per heavy atom. The summed E-state index contributed by atoms with van der Waals surface area (Å²) in [5, 5.41) is 17.2. The Morgan fingerprint density at radius 3 is 0.947 bits per heavy atom. The Balaban J connectivity index is -0.000000205. The number of phenols is 2. The van der Waals surface area contributed by atoms with E-state index in [1.165, 1.54) is 0 Å². The summed E-state index contributed by atoms with van der Waals surface area (Å²) in [4.78, 5) is 0. The molecule has 19 heavy (non-hydrogen) atoms. The van der Waals surface area contributed by atoms with Gasteiger partial charge in [0.05, 0.1) is 0 Å². The number of hydrogen-bond donors (Lipinski definition) is 2. The normalized spacial score (nSPS) is 6.95. The van der Waals surface area contributed by atoms with Crippen molar-refractivity contribution in [3.8, 4) is 11.5 Å². The summed E-state index contributed by atoms with van der Waals surface area (Å²) in [7, 11) is 0. The van der Waals surface area contributed by atoms with E-state index in [4.69, 9.17) is 10.2 Å². The summed E-state index contributed by atoms with van der Waals surface area (Å²) < 4.78 is 0. The van der Waals surface area contributed by atoms with Crippen LogP contribution in [-0.4, -0.2) is 10.2 Å². The van der Waals surface area contributed by atoms with Crippen molar-refractivity contribution in [2.75, 3.05) is 0 Å². The second kappa shape index (κ2) is 19.0. The molecule has 1 radical (unpaired) electrons. The molecule has 0 amide bonds. The van der Waals surface area contributed by atoms with Gasteiger partial charge in [-0.2, -0.15) is 36.4 Å². The monoisotopic (exact) mass is 297 g/mol. The van der Waals surface area contributed by atoms with Crippen LogP contribution in [0.2, 0.25) is 0 Å². The van der Waals surface area contributed by atoms with E-state index >= 15 is 0 Å². The van der Waals surface area contributed by atoms with E-state index in [1.807, 2.05) is 27.7 Å². The van der Waals surface area contributed by atoms with Gasteiger partial charge in [0.2, 0.25) is 0 Å². The van der Waals surface area contributed by atoms with Crippen molar-refractivity contribution in [2.45, 2.75) is 27.7 Å². The average Bonchev–Trinajstić information content (AvgIpc) is 2.46. The molecule has 2 aromatic carbocycles. The van der Waals surface area contributed by atoms with Gasteiger partial charge in [0.25, 0.3) is 0 Å². The van der Waals surface area contributed by atoms with Crippen molar-refractivity contribution in [2.24, 2.45) is 0 Å².